The third kappa shape index (κ3) is 6.06. The molecule has 88 valence electrons. The van der Waals surface area contributed by atoms with Crippen LogP contribution in [0.3, 0.4) is 0 Å². The van der Waals surface area contributed by atoms with Gasteiger partial charge in [-0.05, 0) is 33.7 Å². The Morgan fingerprint density at radius 3 is 2.33 bits per heavy atom. The topological polar surface area (TPSA) is 84.2 Å². The largest absolute Gasteiger partial charge is 0.370 e. The van der Waals surface area contributed by atoms with Gasteiger partial charge in [0, 0.05) is 13.0 Å². The van der Waals surface area contributed by atoms with E-state index in [9.17, 15) is 9.59 Å². The Kier molecular flexibility index (Phi) is 5.93. The van der Waals surface area contributed by atoms with Gasteiger partial charge in [0.1, 0.15) is 0 Å². The molecule has 0 aliphatic rings. The van der Waals surface area contributed by atoms with Gasteiger partial charge in [-0.15, -0.1) is 0 Å². The van der Waals surface area contributed by atoms with E-state index in [1.54, 1.807) is 7.05 Å². The third-order valence-electron chi connectivity index (χ3n) is 2.33. The minimum Gasteiger partial charge on any atom is -0.370 e. The summed E-state index contributed by atoms with van der Waals surface area (Å²) in [6.45, 7) is 4.20. The lowest BCUT2D eigenvalue weighted by molar-refractivity contribution is -0.126. The van der Waals surface area contributed by atoms with Gasteiger partial charge >= 0.3 is 0 Å². The van der Waals surface area contributed by atoms with E-state index in [4.69, 9.17) is 5.73 Å². The lowest BCUT2D eigenvalue weighted by Crippen LogP contribution is -2.51. The van der Waals surface area contributed by atoms with Gasteiger partial charge in [0.05, 0.1) is 5.54 Å². The molecule has 0 fully saturated rings. The second-order valence-corrected chi connectivity index (χ2v) is 4.05. The highest BCUT2D eigenvalue weighted by Crippen LogP contribution is 2.00. The molecule has 0 aromatic carbocycles. The van der Waals surface area contributed by atoms with E-state index in [1.807, 2.05) is 13.8 Å². The van der Waals surface area contributed by atoms with Gasteiger partial charge in [0.25, 0.3) is 0 Å². The first-order valence-electron chi connectivity index (χ1n) is 5.15. The predicted octanol–water partition coefficient (Wildman–Crippen LogP) is -0.244. The van der Waals surface area contributed by atoms with Crippen molar-refractivity contribution in [2.24, 2.45) is 5.73 Å². The average molecular weight is 215 g/mol. The maximum absolute atomic E-state index is 11.5. The Morgan fingerprint density at radius 1 is 1.27 bits per heavy atom. The number of nitrogens with one attached hydrogen (secondary N) is 2. The third-order valence-corrected chi connectivity index (χ3v) is 2.33. The summed E-state index contributed by atoms with van der Waals surface area (Å²) >= 11 is 0. The molecule has 2 amide bonds. The first-order chi connectivity index (χ1) is 6.90. The standard InChI is InChI=1S/C10H21N3O2/c1-10(2,12-3)9(15)13-7-5-4-6-8(11)14/h12H,4-7H2,1-3H3,(H2,11,14)(H,13,15). The number of unbranched alkanes of at least 4 members (excludes halogenated alkanes) is 1. The maximum Gasteiger partial charge on any atom is 0.239 e. The van der Waals surface area contributed by atoms with Crippen LogP contribution in [-0.2, 0) is 9.59 Å². The van der Waals surface area contributed by atoms with E-state index < -0.39 is 5.54 Å². The number of hydrogen-bond acceptors (Lipinski definition) is 3. The summed E-state index contributed by atoms with van der Waals surface area (Å²) in [6, 6.07) is 0. The van der Waals surface area contributed by atoms with E-state index >= 15 is 0 Å². The number of rotatable bonds is 7. The Labute approximate surface area is 90.8 Å². The quantitative estimate of drug-likeness (QED) is 0.512. The van der Waals surface area contributed by atoms with Crippen LogP contribution in [0.4, 0.5) is 0 Å². The van der Waals surface area contributed by atoms with Crippen LogP contribution in [0, 0.1) is 0 Å². The van der Waals surface area contributed by atoms with Gasteiger partial charge in [-0.25, -0.2) is 0 Å². The van der Waals surface area contributed by atoms with Crippen LogP contribution in [-0.4, -0.2) is 30.9 Å². The van der Waals surface area contributed by atoms with Crippen molar-refractivity contribution >= 4 is 11.8 Å². The van der Waals surface area contributed by atoms with Crippen molar-refractivity contribution in [3.05, 3.63) is 0 Å². The Bertz CT molecular complexity index is 227. The summed E-state index contributed by atoms with van der Waals surface area (Å²) in [5.74, 6) is -0.332. The molecule has 5 heteroatoms. The molecule has 0 radical (unpaired) electrons. The fraction of sp³-hybridized carbons (Fsp3) is 0.800. The predicted molar refractivity (Wildman–Crippen MR) is 59.2 cm³/mol. The SMILES string of the molecule is CNC(C)(C)C(=O)NCCCCC(N)=O. The number of carbonyl (C=O) groups excluding carboxylic acids is 2. The normalized spacial score (nSPS) is 11.1. The fourth-order valence-electron chi connectivity index (χ4n) is 0.961. The zero-order valence-corrected chi connectivity index (χ0v) is 9.72. The summed E-state index contributed by atoms with van der Waals surface area (Å²) in [6.07, 6.45) is 1.87. The van der Waals surface area contributed by atoms with Gasteiger partial charge in [-0.3, -0.25) is 9.59 Å². The van der Waals surface area contributed by atoms with Crippen LogP contribution in [0.15, 0.2) is 0 Å². The highest BCUT2D eigenvalue weighted by Gasteiger charge is 2.24. The highest BCUT2D eigenvalue weighted by molar-refractivity contribution is 5.85. The Balaban J connectivity index is 3.60. The van der Waals surface area contributed by atoms with Crippen LogP contribution in [0.2, 0.25) is 0 Å². The summed E-state index contributed by atoms with van der Waals surface area (Å²) in [5.41, 5.74) is 4.44. The molecule has 0 saturated carbocycles. The van der Waals surface area contributed by atoms with Crippen molar-refractivity contribution in [3.8, 4) is 0 Å². The average Bonchev–Trinajstić information content (AvgIpc) is 2.16. The molecule has 0 rings (SSSR count). The molecular weight excluding hydrogens is 194 g/mol. The van der Waals surface area contributed by atoms with Crippen molar-refractivity contribution in [2.75, 3.05) is 13.6 Å². The molecular formula is C10H21N3O2. The molecule has 5 nitrogen and oxygen atoms in total. The van der Waals surface area contributed by atoms with Crippen molar-refractivity contribution in [3.63, 3.8) is 0 Å². The van der Waals surface area contributed by atoms with Crippen LogP contribution >= 0.6 is 0 Å². The van der Waals surface area contributed by atoms with Gasteiger partial charge in [-0.1, -0.05) is 0 Å². The maximum atomic E-state index is 11.5. The summed E-state index contributed by atoms with van der Waals surface area (Å²) < 4.78 is 0. The molecule has 0 heterocycles. The molecule has 0 saturated heterocycles. The van der Waals surface area contributed by atoms with Crippen molar-refractivity contribution in [1.82, 2.24) is 10.6 Å². The number of primary amides is 1. The smallest absolute Gasteiger partial charge is 0.239 e. The second-order valence-electron chi connectivity index (χ2n) is 4.05. The number of nitrogens with two attached hydrogens (primary N) is 1. The van der Waals surface area contributed by atoms with E-state index in [0.717, 1.165) is 12.8 Å². The number of hydrogen-bond donors (Lipinski definition) is 3. The number of likely N-dealkylation sites (N-methyl/N-ethyl adjacent to an activating group) is 1. The number of carbonyl (C=O) groups is 2. The van der Waals surface area contributed by atoms with Gasteiger partial charge in [0.2, 0.25) is 11.8 Å². The molecule has 0 atom stereocenters. The lowest BCUT2D eigenvalue weighted by atomic mass is 10.1. The molecule has 0 aromatic heterocycles. The highest BCUT2D eigenvalue weighted by atomic mass is 16.2. The Morgan fingerprint density at radius 2 is 1.87 bits per heavy atom. The van der Waals surface area contributed by atoms with Gasteiger partial charge < -0.3 is 16.4 Å². The summed E-state index contributed by atoms with van der Waals surface area (Å²) in [4.78, 5) is 22.0. The molecule has 0 aliphatic heterocycles. The summed E-state index contributed by atoms with van der Waals surface area (Å²) in [7, 11) is 1.74. The van der Waals surface area contributed by atoms with Crippen LogP contribution in [0.25, 0.3) is 0 Å². The first-order valence-corrected chi connectivity index (χ1v) is 5.15. The fourth-order valence-corrected chi connectivity index (χ4v) is 0.961. The molecule has 4 N–H and O–H groups in total. The van der Waals surface area contributed by atoms with E-state index in [2.05, 4.69) is 10.6 Å². The summed E-state index contributed by atoms with van der Waals surface area (Å²) in [5, 5.41) is 5.71. The molecule has 15 heavy (non-hydrogen) atoms. The monoisotopic (exact) mass is 215 g/mol. The second kappa shape index (κ2) is 6.40. The molecule has 0 aromatic rings. The molecule has 0 aliphatic carbocycles. The zero-order valence-electron chi connectivity index (χ0n) is 9.72. The van der Waals surface area contributed by atoms with Crippen LogP contribution in [0.5, 0.6) is 0 Å². The van der Waals surface area contributed by atoms with E-state index in [1.165, 1.54) is 0 Å². The van der Waals surface area contributed by atoms with Crippen LogP contribution in [0.1, 0.15) is 33.1 Å². The van der Waals surface area contributed by atoms with Crippen LogP contribution < -0.4 is 16.4 Å². The molecule has 0 unspecified atom stereocenters. The van der Waals surface area contributed by atoms with E-state index in [0.29, 0.717) is 13.0 Å². The van der Waals surface area contributed by atoms with Crippen molar-refractivity contribution < 1.29 is 9.59 Å². The zero-order chi connectivity index (χ0) is 11.9. The van der Waals surface area contributed by atoms with Crippen molar-refractivity contribution in [2.45, 2.75) is 38.6 Å². The minimum absolute atomic E-state index is 0.0379. The van der Waals surface area contributed by atoms with Gasteiger partial charge in [-0.2, -0.15) is 0 Å². The van der Waals surface area contributed by atoms with Crippen molar-refractivity contribution in [1.29, 1.82) is 0 Å². The first kappa shape index (κ1) is 13.9. The lowest BCUT2D eigenvalue weighted by Gasteiger charge is -2.22. The van der Waals surface area contributed by atoms with Gasteiger partial charge in [0.15, 0.2) is 0 Å². The molecule has 0 bridgehead atoms. The number of amides is 2. The van der Waals surface area contributed by atoms with E-state index in [-0.39, 0.29) is 11.8 Å². The molecule has 0 spiro atoms. The Hall–Kier alpha value is -1.10. The minimum atomic E-state index is -0.552.